The number of hydrogen-bond donors (Lipinski definition) is 3. The highest BCUT2D eigenvalue weighted by Crippen LogP contribution is 2.25. The summed E-state index contributed by atoms with van der Waals surface area (Å²) in [5, 5.41) is 23.0. The number of anilines is 3. The molecule has 0 aliphatic carbocycles. The Morgan fingerprint density at radius 1 is 0.742 bits per heavy atom. The van der Waals surface area contributed by atoms with Gasteiger partial charge in [0.25, 0.3) is 0 Å². The number of aliphatic hydroxyl groups is 2. The van der Waals surface area contributed by atoms with Gasteiger partial charge in [0.2, 0.25) is 0 Å². The molecule has 0 aliphatic heterocycles. The van der Waals surface area contributed by atoms with Crippen LogP contribution in [0.25, 0.3) is 10.9 Å². The topological polar surface area (TPSA) is 68.6 Å². The minimum absolute atomic E-state index is 0.0669. The van der Waals surface area contributed by atoms with Crippen molar-refractivity contribution in [2.75, 3.05) is 36.5 Å². The molecule has 31 heavy (non-hydrogen) atoms. The van der Waals surface area contributed by atoms with Crippen molar-refractivity contribution in [1.82, 2.24) is 4.98 Å². The van der Waals surface area contributed by atoms with Gasteiger partial charge in [-0.05, 0) is 53.9 Å². The highest BCUT2D eigenvalue weighted by atomic mass is 16.3. The summed E-state index contributed by atoms with van der Waals surface area (Å²) in [5.41, 5.74) is 6.53. The number of pyridine rings is 1. The molecule has 158 valence electrons. The van der Waals surface area contributed by atoms with Crippen molar-refractivity contribution in [3.05, 3.63) is 96.2 Å². The SMILES string of the molecule is OCCN(CCO)c1ccc(Cc2ccc(Nc3ccnc4ccccc34)cc2)cc1. The Labute approximate surface area is 182 Å². The first-order chi connectivity index (χ1) is 15.3. The summed E-state index contributed by atoms with van der Waals surface area (Å²) in [7, 11) is 0. The molecule has 0 bridgehead atoms. The van der Waals surface area contributed by atoms with Crippen molar-refractivity contribution in [3.63, 3.8) is 0 Å². The highest BCUT2D eigenvalue weighted by molar-refractivity contribution is 5.92. The lowest BCUT2D eigenvalue weighted by atomic mass is 10.0. The van der Waals surface area contributed by atoms with E-state index in [0.29, 0.717) is 13.1 Å². The van der Waals surface area contributed by atoms with Crippen LogP contribution >= 0.6 is 0 Å². The van der Waals surface area contributed by atoms with E-state index < -0.39 is 0 Å². The Balaban J connectivity index is 1.42. The third-order valence-corrected chi connectivity index (χ3v) is 5.33. The van der Waals surface area contributed by atoms with Crippen LogP contribution in [0.5, 0.6) is 0 Å². The van der Waals surface area contributed by atoms with Gasteiger partial charge in [0, 0.05) is 41.7 Å². The normalized spacial score (nSPS) is 10.9. The van der Waals surface area contributed by atoms with Crippen LogP contribution in [0.2, 0.25) is 0 Å². The molecule has 4 aromatic rings. The van der Waals surface area contributed by atoms with E-state index in [1.807, 2.05) is 47.5 Å². The van der Waals surface area contributed by atoms with E-state index in [4.69, 9.17) is 0 Å². The van der Waals surface area contributed by atoms with E-state index in [1.165, 1.54) is 11.1 Å². The van der Waals surface area contributed by atoms with Crippen LogP contribution in [-0.2, 0) is 6.42 Å². The summed E-state index contributed by atoms with van der Waals surface area (Å²) in [5.74, 6) is 0. The molecule has 0 amide bonds. The molecule has 0 spiro atoms. The van der Waals surface area contributed by atoms with Crippen LogP contribution in [-0.4, -0.2) is 41.5 Å². The van der Waals surface area contributed by atoms with Crippen molar-refractivity contribution >= 4 is 28.0 Å². The van der Waals surface area contributed by atoms with Crippen molar-refractivity contribution in [2.24, 2.45) is 0 Å². The highest BCUT2D eigenvalue weighted by Gasteiger charge is 2.06. The smallest absolute Gasteiger partial charge is 0.0722 e. The van der Waals surface area contributed by atoms with Crippen molar-refractivity contribution in [3.8, 4) is 0 Å². The molecule has 0 atom stereocenters. The monoisotopic (exact) mass is 413 g/mol. The molecule has 0 unspecified atom stereocenters. The number of rotatable bonds is 9. The molecule has 5 nitrogen and oxygen atoms in total. The van der Waals surface area contributed by atoms with Crippen LogP contribution in [0.3, 0.4) is 0 Å². The van der Waals surface area contributed by atoms with E-state index in [1.54, 1.807) is 0 Å². The zero-order valence-corrected chi connectivity index (χ0v) is 17.4. The number of para-hydroxylation sites is 1. The van der Waals surface area contributed by atoms with Gasteiger partial charge in [-0.15, -0.1) is 0 Å². The number of nitrogens with zero attached hydrogens (tertiary/aromatic N) is 2. The molecule has 0 saturated heterocycles. The van der Waals surface area contributed by atoms with Crippen LogP contribution in [0, 0.1) is 0 Å². The van der Waals surface area contributed by atoms with E-state index in [2.05, 4.69) is 52.8 Å². The van der Waals surface area contributed by atoms with Gasteiger partial charge in [-0.3, -0.25) is 4.98 Å². The van der Waals surface area contributed by atoms with Gasteiger partial charge in [0.15, 0.2) is 0 Å². The van der Waals surface area contributed by atoms with Gasteiger partial charge in [0.05, 0.1) is 18.7 Å². The summed E-state index contributed by atoms with van der Waals surface area (Å²) in [6.07, 6.45) is 2.67. The van der Waals surface area contributed by atoms with Gasteiger partial charge < -0.3 is 20.4 Å². The molecular weight excluding hydrogens is 386 g/mol. The molecule has 1 aromatic heterocycles. The Morgan fingerprint density at radius 2 is 1.39 bits per heavy atom. The Kier molecular flexibility index (Phi) is 6.77. The maximum absolute atomic E-state index is 9.21. The molecule has 0 fully saturated rings. The summed E-state index contributed by atoms with van der Waals surface area (Å²) in [6.45, 7) is 1.16. The molecule has 3 aromatic carbocycles. The first kappa shape index (κ1) is 20.8. The average molecular weight is 414 g/mol. The summed E-state index contributed by atoms with van der Waals surface area (Å²) in [6, 6.07) is 26.9. The van der Waals surface area contributed by atoms with E-state index in [-0.39, 0.29) is 13.2 Å². The fraction of sp³-hybridized carbons (Fsp3) is 0.192. The van der Waals surface area contributed by atoms with Crippen molar-refractivity contribution in [1.29, 1.82) is 0 Å². The zero-order valence-electron chi connectivity index (χ0n) is 17.4. The minimum Gasteiger partial charge on any atom is -0.395 e. The van der Waals surface area contributed by atoms with Gasteiger partial charge in [-0.2, -0.15) is 0 Å². The Morgan fingerprint density at radius 3 is 2.06 bits per heavy atom. The lowest BCUT2D eigenvalue weighted by molar-refractivity contribution is 0.281. The number of aromatic nitrogens is 1. The second kappa shape index (κ2) is 10.1. The molecule has 5 heteroatoms. The van der Waals surface area contributed by atoms with Gasteiger partial charge in [-0.1, -0.05) is 42.5 Å². The second-order valence-electron chi connectivity index (χ2n) is 7.48. The maximum atomic E-state index is 9.21. The molecule has 0 radical (unpaired) electrons. The predicted octanol–water partition coefficient (Wildman–Crippen LogP) is 4.36. The first-order valence-corrected chi connectivity index (χ1v) is 10.5. The standard InChI is InChI=1S/C26H27N3O2/c30-17-15-29(16-18-31)23-11-7-21(8-12-23)19-20-5-9-22(10-6-20)28-26-13-14-27-25-4-2-1-3-24(25)26/h1-14,30-31H,15-19H2,(H,27,28). The van der Waals surface area contributed by atoms with Crippen LogP contribution < -0.4 is 10.2 Å². The van der Waals surface area contributed by atoms with E-state index in [9.17, 15) is 10.2 Å². The van der Waals surface area contributed by atoms with E-state index in [0.717, 1.165) is 34.4 Å². The quantitative estimate of drug-likeness (QED) is 0.380. The fourth-order valence-electron chi connectivity index (χ4n) is 3.74. The molecule has 1 heterocycles. The van der Waals surface area contributed by atoms with Crippen LogP contribution in [0.15, 0.2) is 85.1 Å². The first-order valence-electron chi connectivity index (χ1n) is 10.5. The molecule has 0 aliphatic rings. The third-order valence-electron chi connectivity index (χ3n) is 5.33. The van der Waals surface area contributed by atoms with Crippen LogP contribution in [0.1, 0.15) is 11.1 Å². The summed E-state index contributed by atoms with van der Waals surface area (Å²) >= 11 is 0. The Hall–Kier alpha value is -3.41. The van der Waals surface area contributed by atoms with Gasteiger partial charge in [-0.25, -0.2) is 0 Å². The van der Waals surface area contributed by atoms with Crippen molar-refractivity contribution < 1.29 is 10.2 Å². The average Bonchev–Trinajstić information content (AvgIpc) is 2.81. The maximum Gasteiger partial charge on any atom is 0.0722 e. The fourth-order valence-corrected chi connectivity index (χ4v) is 3.74. The number of nitrogens with one attached hydrogen (secondary N) is 1. The predicted molar refractivity (Wildman–Crippen MR) is 127 cm³/mol. The van der Waals surface area contributed by atoms with Gasteiger partial charge in [0.1, 0.15) is 0 Å². The minimum atomic E-state index is 0.0669. The second-order valence-corrected chi connectivity index (χ2v) is 7.48. The summed E-state index contributed by atoms with van der Waals surface area (Å²) < 4.78 is 0. The van der Waals surface area contributed by atoms with Crippen molar-refractivity contribution in [2.45, 2.75) is 6.42 Å². The largest absolute Gasteiger partial charge is 0.395 e. The number of aliphatic hydroxyl groups excluding tert-OH is 2. The van der Waals surface area contributed by atoms with Crippen LogP contribution in [0.4, 0.5) is 17.1 Å². The Bertz CT molecular complexity index is 1100. The lowest BCUT2D eigenvalue weighted by Gasteiger charge is -2.23. The number of hydrogen-bond acceptors (Lipinski definition) is 5. The zero-order chi connectivity index (χ0) is 21.5. The van der Waals surface area contributed by atoms with Gasteiger partial charge >= 0.3 is 0 Å². The molecular formula is C26H27N3O2. The number of benzene rings is 3. The molecule has 0 saturated carbocycles. The number of fused-ring (bicyclic) bond motifs is 1. The lowest BCUT2D eigenvalue weighted by Crippen LogP contribution is -2.29. The summed E-state index contributed by atoms with van der Waals surface area (Å²) in [4.78, 5) is 6.39. The molecule has 4 rings (SSSR count). The molecule has 3 N–H and O–H groups in total. The van der Waals surface area contributed by atoms with E-state index >= 15 is 0 Å². The third kappa shape index (κ3) is 5.20.